The van der Waals surface area contributed by atoms with E-state index >= 15 is 4.39 Å². The maximum Gasteiger partial charge on any atom is 0.416 e. The molecule has 0 saturated carbocycles. The van der Waals surface area contributed by atoms with Crippen LogP contribution in [0.25, 0.3) is 0 Å². The van der Waals surface area contributed by atoms with Crippen molar-refractivity contribution in [3.63, 3.8) is 0 Å². The Morgan fingerprint density at radius 2 is 1.72 bits per heavy atom. The number of halogens is 5. The number of esters is 1. The molecule has 204 valence electrons. The molecule has 0 spiro atoms. The highest BCUT2D eigenvalue weighted by atomic mass is 35.5. The SMILES string of the molecule is COC(=O)CC1c2ccccc2N=C(N2CCN(c3cccc(Cl)c3)CC2)N1c1cc(C(F)(F)F)ccc1F. The van der Waals surface area contributed by atoms with E-state index in [1.807, 2.05) is 23.1 Å². The van der Waals surface area contributed by atoms with Gasteiger partial charge in [0.2, 0.25) is 5.96 Å². The number of alkyl halides is 3. The van der Waals surface area contributed by atoms with Gasteiger partial charge in [-0.25, -0.2) is 9.38 Å². The molecule has 2 aliphatic rings. The standard InChI is InChI=1S/C28H25ClF4N4O2/c1-39-26(38)17-24-21-7-2-3-8-23(21)34-27(37(24)25-15-18(28(31,32)33)9-10-22(25)30)36-13-11-35(12-14-36)20-6-4-5-19(29)16-20/h2-10,15-16,24H,11-14,17H2,1H3. The highest BCUT2D eigenvalue weighted by molar-refractivity contribution is 6.30. The molecule has 0 bridgehead atoms. The molecular weight excluding hydrogens is 536 g/mol. The van der Waals surface area contributed by atoms with Crippen LogP contribution in [0.4, 0.5) is 34.6 Å². The molecular formula is C28H25ClF4N4O2. The van der Waals surface area contributed by atoms with Gasteiger partial charge in [0.1, 0.15) is 5.82 Å². The van der Waals surface area contributed by atoms with Gasteiger partial charge < -0.3 is 19.4 Å². The summed E-state index contributed by atoms with van der Waals surface area (Å²) < 4.78 is 61.3. The van der Waals surface area contributed by atoms with Crippen LogP contribution in [0.2, 0.25) is 5.02 Å². The number of carbonyl (C=O) groups is 1. The predicted octanol–water partition coefficient (Wildman–Crippen LogP) is 6.43. The number of ether oxygens (including phenoxy) is 1. The highest BCUT2D eigenvalue weighted by Crippen LogP contribution is 2.43. The average molecular weight is 561 g/mol. The fourth-order valence-electron chi connectivity index (χ4n) is 4.96. The first-order valence-corrected chi connectivity index (χ1v) is 12.7. The van der Waals surface area contributed by atoms with E-state index in [4.69, 9.17) is 21.3 Å². The van der Waals surface area contributed by atoms with Crippen LogP contribution in [0.1, 0.15) is 23.6 Å². The summed E-state index contributed by atoms with van der Waals surface area (Å²) in [5, 5.41) is 0.611. The number of aliphatic imine (C=N–C) groups is 1. The third-order valence-corrected chi connectivity index (χ3v) is 7.13. The summed E-state index contributed by atoms with van der Waals surface area (Å²) in [5.41, 5.74) is 0.773. The van der Waals surface area contributed by atoms with E-state index in [1.165, 1.54) is 12.0 Å². The van der Waals surface area contributed by atoms with Crippen molar-refractivity contribution in [1.29, 1.82) is 0 Å². The molecule has 0 amide bonds. The molecule has 0 aliphatic carbocycles. The van der Waals surface area contributed by atoms with E-state index in [9.17, 15) is 18.0 Å². The Kier molecular flexibility index (Phi) is 7.40. The third kappa shape index (κ3) is 5.52. The van der Waals surface area contributed by atoms with Crippen LogP contribution in [-0.4, -0.2) is 50.1 Å². The highest BCUT2D eigenvalue weighted by Gasteiger charge is 2.39. The first kappa shape index (κ1) is 26.8. The maximum absolute atomic E-state index is 15.4. The van der Waals surface area contributed by atoms with Crippen molar-refractivity contribution < 1.29 is 27.1 Å². The lowest BCUT2D eigenvalue weighted by molar-refractivity contribution is -0.141. The number of rotatable bonds is 4. The summed E-state index contributed by atoms with van der Waals surface area (Å²) in [6.45, 7) is 2.05. The molecule has 11 heteroatoms. The van der Waals surface area contributed by atoms with Crippen molar-refractivity contribution in [1.82, 2.24) is 4.90 Å². The van der Waals surface area contributed by atoms with Gasteiger partial charge in [0.25, 0.3) is 0 Å². The Morgan fingerprint density at radius 3 is 2.41 bits per heavy atom. The second-order valence-corrected chi connectivity index (χ2v) is 9.69. The second kappa shape index (κ2) is 10.8. The molecule has 3 aromatic rings. The van der Waals surface area contributed by atoms with Gasteiger partial charge in [-0.15, -0.1) is 0 Å². The van der Waals surface area contributed by atoms with Gasteiger partial charge in [-0.05, 0) is 42.5 Å². The summed E-state index contributed by atoms with van der Waals surface area (Å²) in [4.78, 5) is 22.7. The number of methoxy groups -OCH3 is 1. The molecule has 3 aromatic carbocycles. The molecule has 0 aromatic heterocycles. The van der Waals surface area contributed by atoms with Crippen LogP contribution >= 0.6 is 11.6 Å². The normalized spacial score (nSPS) is 17.5. The molecule has 6 nitrogen and oxygen atoms in total. The van der Waals surface area contributed by atoms with Gasteiger partial charge in [-0.2, -0.15) is 13.2 Å². The monoisotopic (exact) mass is 560 g/mol. The van der Waals surface area contributed by atoms with Gasteiger partial charge >= 0.3 is 12.1 Å². The van der Waals surface area contributed by atoms with Crippen LogP contribution in [-0.2, 0) is 15.7 Å². The molecule has 1 atom stereocenters. The fourth-order valence-corrected chi connectivity index (χ4v) is 5.15. The van der Waals surface area contributed by atoms with E-state index in [2.05, 4.69) is 4.90 Å². The lowest BCUT2D eigenvalue weighted by Gasteiger charge is -2.45. The number of nitrogens with zero attached hydrogens (tertiary/aromatic N) is 4. The van der Waals surface area contributed by atoms with Crippen molar-refractivity contribution in [2.24, 2.45) is 4.99 Å². The Balaban J connectivity index is 1.58. The van der Waals surface area contributed by atoms with Crippen molar-refractivity contribution in [2.45, 2.75) is 18.6 Å². The Morgan fingerprint density at radius 1 is 1.00 bits per heavy atom. The minimum absolute atomic E-state index is 0.218. The second-order valence-electron chi connectivity index (χ2n) is 9.25. The molecule has 0 N–H and O–H groups in total. The van der Waals surface area contributed by atoms with Crippen molar-refractivity contribution in [3.8, 4) is 0 Å². The summed E-state index contributed by atoms with van der Waals surface area (Å²) in [7, 11) is 1.23. The van der Waals surface area contributed by atoms with E-state index in [0.717, 1.165) is 17.8 Å². The van der Waals surface area contributed by atoms with Gasteiger partial charge in [0, 0.05) is 42.5 Å². The van der Waals surface area contributed by atoms with E-state index in [1.54, 1.807) is 30.3 Å². The molecule has 1 saturated heterocycles. The number of fused-ring (bicyclic) bond motifs is 1. The van der Waals surface area contributed by atoms with Crippen LogP contribution in [0, 0.1) is 5.82 Å². The number of hydrogen-bond acceptors (Lipinski definition) is 6. The van der Waals surface area contributed by atoms with Gasteiger partial charge in [-0.3, -0.25) is 4.79 Å². The lowest BCUT2D eigenvalue weighted by Crippen LogP contribution is -2.55. The van der Waals surface area contributed by atoms with Crippen LogP contribution in [0.3, 0.4) is 0 Å². The molecule has 0 radical (unpaired) electrons. The molecule has 2 heterocycles. The number of hydrogen-bond donors (Lipinski definition) is 0. The van der Waals surface area contributed by atoms with Crippen molar-refractivity contribution >= 4 is 40.6 Å². The predicted molar refractivity (Wildman–Crippen MR) is 142 cm³/mol. The minimum Gasteiger partial charge on any atom is -0.469 e. The van der Waals surface area contributed by atoms with Crippen LogP contribution < -0.4 is 9.80 Å². The van der Waals surface area contributed by atoms with Crippen LogP contribution in [0.15, 0.2) is 71.7 Å². The summed E-state index contributed by atoms with van der Waals surface area (Å²) in [6, 6.07) is 15.9. The molecule has 2 aliphatic heterocycles. The fraction of sp³-hybridized carbons (Fsp3) is 0.286. The van der Waals surface area contributed by atoms with Gasteiger partial charge in [0.15, 0.2) is 0 Å². The third-order valence-electron chi connectivity index (χ3n) is 6.90. The molecule has 1 unspecified atom stereocenters. The first-order valence-electron chi connectivity index (χ1n) is 12.3. The number of carbonyl (C=O) groups excluding carboxylic acids is 1. The number of piperazine rings is 1. The Hall–Kier alpha value is -3.79. The minimum atomic E-state index is -4.69. The van der Waals surface area contributed by atoms with E-state index < -0.39 is 29.6 Å². The molecule has 5 rings (SSSR count). The number of anilines is 2. The maximum atomic E-state index is 15.4. The first-order chi connectivity index (χ1) is 18.7. The summed E-state index contributed by atoms with van der Waals surface area (Å²) in [5.74, 6) is -1.17. The van der Waals surface area contributed by atoms with Crippen molar-refractivity contribution in [2.75, 3.05) is 43.1 Å². The number of guanidine groups is 1. The summed E-state index contributed by atoms with van der Waals surface area (Å²) >= 11 is 6.16. The zero-order valence-corrected chi connectivity index (χ0v) is 21.7. The van der Waals surface area contributed by atoms with Gasteiger partial charge in [-0.1, -0.05) is 35.9 Å². The zero-order chi connectivity index (χ0) is 27.7. The lowest BCUT2D eigenvalue weighted by atomic mass is 9.97. The molecule has 1 fully saturated rings. The molecule has 39 heavy (non-hydrogen) atoms. The number of para-hydroxylation sites is 1. The average Bonchev–Trinajstić information content (AvgIpc) is 2.92. The Bertz CT molecular complexity index is 1410. The van der Waals surface area contributed by atoms with Gasteiger partial charge in [0.05, 0.1) is 36.5 Å². The summed E-state index contributed by atoms with van der Waals surface area (Å²) in [6.07, 6.45) is -4.90. The quantitative estimate of drug-likeness (QED) is 0.272. The van der Waals surface area contributed by atoms with E-state index in [-0.39, 0.29) is 18.1 Å². The largest absolute Gasteiger partial charge is 0.469 e. The van der Waals surface area contributed by atoms with Crippen LogP contribution in [0.5, 0.6) is 0 Å². The van der Waals surface area contributed by atoms with Crippen molar-refractivity contribution in [3.05, 3.63) is 88.7 Å². The Labute approximate surface area is 228 Å². The topological polar surface area (TPSA) is 48.4 Å². The number of benzene rings is 3. The van der Waals surface area contributed by atoms with E-state index in [0.29, 0.717) is 48.5 Å². The zero-order valence-electron chi connectivity index (χ0n) is 21.0. The smallest absolute Gasteiger partial charge is 0.416 e.